The van der Waals surface area contributed by atoms with Gasteiger partial charge in [0.25, 0.3) is 11.8 Å². The van der Waals surface area contributed by atoms with E-state index in [1.54, 1.807) is 0 Å². The van der Waals surface area contributed by atoms with Gasteiger partial charge < -0.3 is 14.5 Å². The van der Waals surface area contributed by atoms with E-state index in [0.29, 0.717) is 26.0 Å². The van der Waals surface area contributed by atoms with Crippen molar-refractivity contribution in [3.05, 3.63) is 18.4 Å². The van der Waals surface area contributed by atoms with E-state index in [4.69, 9.17) is 9.15 Å². The maximum atomic E-state index is 12.8. The van der Waals surface area contributed by atoms with Crippen molar-refractivity contribution in [2.24, 2.45) is 0 Å². The second-order valence-electron chi connectivity index (χ2n) is 6.36. The van der Waals surface area contributed by atoms with Crippen LogP contribution in [0, 0.1) is 0 Å². The lowest BCUT2D eigenvalue weighted by Crippen LogP contribution is -2.44. The van der Waals surface area contributed by atoms with E-state index in [1.165, 1.54) is 19.7 Å². The molecule has 11 heteroatoms. The minimum atomic E-state index is -3.63. The summed E-state index contributed by atoms with van der Waals surface area (Å²) < 4.78 is 35.7. The molecule has 0 unspecified atom stereocenters. The minimum absolute atomic E-state index is 0.0993. The molecule has 144 valence electrons. The molecule has 0 saturated carbocycles. The van der Waals surface area contributed by atoms with Gasteiger partial charge in [0.2, 0.25) is 15.8 Å². The first kappa shape index (κ1) is 18.8. The van der Waals surface area contributed by atoms with Crippen molar-refractivity contribution in [1.82, 2.24) is 19.5 Å². The van der Waals surface area contributed by atoms with Gasteiger partial charge in [0.15, 0.2) is 6.39 Å². The summed E-state index contributed by atoms with van der Waals surface area (Å²) in [5, 5.41) is 2.81. The van der Waals surface area contributed by atoms with Crippen molar-refractivity contribution in [1.29, 1.82) is 0 Å². The Morgan fingerprint density at radius 1 is 1.50 bits per heavy atom. The monoisotopic (exact) mass is 386 g/mol. The number of nitrogens with zero attached hydrogens (tertiary/aromatic N) is 3. The molecule has 2 amide bonds. The van der Waals surface area contributed by atoms with Crippen LogP contribution >= 0.6 is 0 Å². The number of carbonyl (C=O) groups is 2. The Bertz CT molecular complexity index is 750. The molecule has 0 bridgehead atoms. The zero-order valence-electron chi connectivity index (χ0n) is 14.5. The van der Waals surface area contributed by atoms with Crippen LogP contribution in [-0.4, -0.2) is 85.6 Å². The highest BCUT2D eigenvalue weighted by atomic mass is 32.2. The van der Waals surface area contributed by atoms with Crippen LogP contribution in [0.1, 0.15) is 23.4 Å². The summed E-state index contributed by atoms with van der Waals surface area (Å²) in [6.45, 7) is 1.16. The normalized spacial score (nSPS) is 25.7. The van der Waals surface area contributed by atoms with E-state index < -0.39 is 27.9 Å². The minimum Gasteiger partial charge on any atom is -0.438 e. The Hall–Kier alpha value is -1.98. The first-order chi connectivity index (χ1) is 12.4. The summed E-state index contributed by atoms with van der Waals surface area (Å²) in [5.74, 6) is -0.857. The molecule has 2 aliphatic heterocycles. The van der Waals surface area contributed by atoms with E-state index in [2.05, 4.69) is 10.3 Å². The summed E-state index contributed by atoms with van der Waals surface area (Å²) in [4.78, 5) is 30.4. The van der Waals surface area contributed by atoms with Gasteiger partial charge in [-0.1, -0.05) is 0 Å². The fourth-order valence-electron chi connectivity index (χ4n) is 3.34. The zero-order chi connectivity index (χ0) is 18.7. The van der Waals surface area contributed by atoms with Gasteiger partial charge >= 0.3 is 0 Å². The van der Waals surface area contributed by atoms with Crippen molar-refractivity contribution >= 4 is 21.8 Å². The fourth-order valence-corrected chi connectivity index (χ4v) is 4.83. The predicted molar refractivity (Wildman–Crippen MR) is 89.7 cm³/mol. The molecule has 1 aromatic rings. The maximum absolute atomic E-state index is 12.8. The van der Waals surface area contributed by atoms with Crippen molar-refractivity contribution in [2.75, 3.05) is 39.1 Å². The molecule has 0 radical (unpaired) electrons. The van der Waals surface area contributed by atoms with Crippen LogP contribution < -0.4 is 5.32 Å². The standard InChI is InChI=1S/C15H22N4O6S/c1-24-5-2-3-19-15(21)12-7-11(9-18(12)4-6-26(19,22)23)17-14(20)13-8-16-10-25-13/h8,10-12H,2-7,9H2,1H3,(H,17,20)/t11-,12-/m0/s1. The fraction of sp³-hybridized carbons (Fsp3) is 0.667. The van der Waals surface area contributed by atoms with E-state index in [9.17, 15) is 18.0 Å². The van der Waals surface area contributed by atoms with Gasteiger partial charge in [-0.25, -0.2) is 17.7 Å². The third kappa shape index (κ3) is 3.89. The average molecular weight is 386 g/mol. The lowest BCUT2D eigenvalue weighted by atomic mass is 10.1. The van der Waals surface area contributed by atoms with Crippen LogP contribution in [0.15, 0.2) is 17.0 Å². The molecule has 26 heavy (non-hydrogen) atoms. The van der Waals surface area contributed by atoms with Crippen LogP contribution in [0.25, 0.3) is 0 Å². The molecule has 0 spiro atoms. The summed E-state index contributed by atoms with van der Waals surface area (Å²) in [6.07, 6.45) is 3.29. The number of carbonyl (C=O) groups excluding carboxylic acids is 2. The smallest absolute Gasteiger partial charge is 0.288 e. The molecular weight excluding hydrogens is 364 g/mol. The Balaban J connectivity index is 1.68. The maximum Gasteiger partial charge on any atom is 0.288 e. The number of nitrogens with one attached hydrogen (secondary N) is 1. The Morgan fingerprint density at radius 2 is 2.31 bits per heavy atom. The summed E-state index contributed by atoms with van der Waals surface area (Å²) in [6, 6.07) is -0.821. The third-order valence-electron chi connectivity index (χ3n) is 4.61. The largest absolute Gasteiger partial charge is 0.438 e. The van der Waals surface area contributed by atoms with Gasteiger partial charge in [-0.3, -0.25) is 14.5 Å². The van der Waals surface area contributed by atoms with Crippen LogP contribution in [0.3, 0.4) is 0 Å². The van der Waals surface area contributed by atoms with E-state index >= 15 is 0 Å². The Labute approximate surface area is 151 Å². The molecule has 2 aliphatic rings. The van der Waals surface area contributed by atoms with E-state index in [1.807, 2.05) is 4.90 Å². The predicted octanol–water partition coefficient (Wildman–Crippen LogP) is -0.944. The summed E-state index contributed by atoms with van der Waals surface area (Å²) in [7, 11) is -2.10. The lowest BCUT2D eigenvalue weighted by molar-refractivity contribution is -0.130. The van der Waals surface area contributed by atoms with Gasteiger partial charge in [0.1, 0.15) is 0 Å². The average Bonchev–Trinajstić information content (AvgIpc) is 3.24. The SMILES string of the molecule is COCCCN1C(=O)[C@@H]2C[C@H](NC(=O)c3cnco3)CN2CCS1(=O)=O. The molecule has 0 aromatic carbocycles. The molecule has 0 aliphatic carbocycles. The lowest BCUT2D eigenvalue weighted by Gasteiger charge is -2.23. The van der Waals surface area contributed by atoms with Crippen molar-refractivity contribution in [3.63, 3.8) is 0 Å². The Kier molecular flexibility index (Phi) is 5.58. The molecule has 2 saturated heterocycles. The number of methoxy groups -OCH3 is 1. The van der Waals surface area contributed by atoms with Gasteiger partial charge in [0, 0.05) is 39.4 Å². The molecule has 1 N–H and O–H groups in total. The molecule has 2 fully saturated rings. The van der Waals surface area contributed by atoms with Crippen molar-refractivity contribution in [2.45, 2.75) is 24.9 Å². The van der Waals surface area contributed by atoms with Crippen LogP contribution in [-0.2, 0) is 19.6 Å². The number of amides is 2. The van der Waals surface area contributed by atoms with Gasteiger partial charge in [0.05, 0.1) is 18.0 Å². The topological polar surface area (TPSA) is 122 Å². The zero-order valence-corrected chi connectivity index (χ0v) is 15.3. The van der Waals surface area contributed by atoms with E-state index in [-0.39, 0.29) is 30.6 Å². The van der Waals surface area contributed by atoms with Crippen LogP contribution in [0.5, 0.6) is 0 Å². The molecule has 3 rings (SSSR count). The van der Waals surface area contributed by atoms with Gasteiger partial charge in [-0.15, -0.1) is 0 Å². The summed E-state index contributed by atoms with van der Waals surface area (Å²) in [5.41, 5.74) is 0. The second kappa shape index (κ2) is 7.72. The van der Waals surface area contributed by atoms with Crippen molar-refractivity contribution < 1.29 is 27.2 Å². The number of fused-ring (bicyclic) bond motifs is 1. The first-order valence-electron chi connectivity index (χ1n) is 8.39. The highest BCUT2D eigenvalue weighted by Gasteiger charge is 2.45. The molecular formula is C15H22N4O6S. The number of sulfonamides is 1. The molecule has 2 atom stereocenters. The highest BCUT2D eigenvalue weighted by molar-refractivity contribution is 7.89. The second-order valence-corrected chi connectivity index (χ2v) is 8.37. The summed E-state index contributed by atoms with van der Waals surface area (Å²) >= 11 is 0. The highest BCUT2D eigenvalue weighted by Crippen LogP contribution is 2.25. The number of hydrogen-bond donors (Lipinski definition) is 1. The van der Waals surface area contributed by atoms with Gasteiger partial charge in [-0.2, -0.15) is 0 Å². The number of oxazole rings is 1. The Morgan fingerprint density at radius 3 is 3.00 bits per heavy atom. The van der Waals surface area contributed by atoms with Crippen molar-refractivity contribution in [3.8, 4) is 0 Å². The quantitative estimate of drug-likeness (QED) is 0.622. The number of ether oxygens (including phenoxy) is 1. The number of aromatic nitrogens is 1. The molecule has 1 aromatic heterocycles. The number of rotatable bonds is 6. The van der Waals surface area contributed by atoms with E-state index in [0.717, 1.165) is 4.31 Å². The first-order valence-corrected chi connectivity index (χ1v) is 10.00. The third-order valence-corrected chi connectivity index (χ3v) is 6.34. The van der Waals surface area contributed by atoms with Gasteiger partial charge in [-0.05, 0) is 12.8 Å². The molecule has 10 nitrogen and oxygen atoms in total. The van der Waals surface area contributed by atoms with Crippen LogP contribution in [0.2, 0.25) is 0 Å². The molecule has 3 heterocycles. The number of hydrogen-bond acceptors (Lipinski definition) is 8. The van der Waals surface area contributed by atoms with Crippen LogP contribution in [0.4, 0.5) is 0 Å².